The van der Waals surface area contributed by atoms with Crippen molar-refractivity contribution < 1.29 is 13.2 Å². The average Bonchev–Trinajstić information content (AvgIpc) is 3.19. The second-order valence-corrected chi connectivity index (χ2v) is 9.17. The lowest BCUT2D eigenvalue weighted by molar-refractivity contribution is 0.0994. The second kappa shape index (κ2) is 8.39. The molecule has 33 heavy (non-hydrogen) atoms. The fraction of sp³-hybridized carbons (Fsp3) is 0.182. The largest absolute Gasteiger partial charge is 0.368 e. The summed E-state index contributed by atoms with van der Waals surface area (Å²) in [7, 11) is -3.90. The third-order valence-corrected chi connectivity index (χ3v) is 7.03. The monoisotopic (exact) mass is 461 g/mol. The van der Waals surface area contributed by atoms with Crippen molar-refractivity contribution in [1.29, 1.82) is 0 Å². The van der Waals surface area contributed by atoms with E-state index in [9.17, 15) is 13.2 Å². The van der Waals surface area contributed by atoms with Gasteiger partial charge >= 0.3 is 0 Å². The summed E-state index contributed by atoms with van der Waals surface area (Å²) >= 11 is 0. The summed E-state index contributed by atoms with van der Waals surface area (Å²) < 4.78 is 28.4. The molecule has 3 aromatic rings. The van der Waals surface area contributed by atoms with Gasteiger partial charge in [-0.3, -0.25) is 4.79 Å². The van der Waals surface area contributed by atoms with Gasteiger partial charge in [0.15, 0.2) is 5.69 Å². The highest BCUT2D eigenvalue weighted by molar-refractivity contribution is 7.89. The third kappa shape index (κ3) is 3.80. The number of rotatable bonds is 6. The van der Waals surface area contributed by atoms with E-state index in [1.807, 2.05) is 0 Å². The summed E-state index contributed by atoms with van der Waals surface area (Å²) in [4.78, 5) is 20.5. The summed E-state index contributed by atoms with van der Waals surface area (Å²) in [5, 5.41) is 4.40. The number of hydrogen-bond donors (Lipinski definition) is 2. The van der Waals surface area contributed by atoms with Gasteiger partial charge in [-0.05, 0) is 42.7 Å². The average molecular weight is 462 g/mol. The fourth-order valence-electron chi connectivity index (χ4n) is 3.72. The van der Waals surface area contributed by atoms with Crippen LogP contribution < -0.4 is 11.5 Å². The van der Waals surface area contributed by atoms with E-state index in [2.05, 4.69) is 26.9 Å². The number of nitrogens with two attached hydrogens (primary N) is 2. The number of fused-ring (bicyclic) bond motifs is 3. The molecule has 2 heterocycles. The predicted molar refractivity (Wildman–Crippen MR) is 121 cm³/mol. The predicted octanol–water partition coefficient (Wildman–Crippen LogP) is 0.366. The van der Waals surface area contributed by atoms with E-state index in [0.29, 0.717) is 35.5 Å². The first-order valence-corrected chi connectivity index (χ1v) is 11.2. The normalized spacial score (nSPS) is 12.5. The van der Waals surface area contributed by atoms with Crippen LogP contribution in [0.1, 0.15) is 21.6 Å². The van der Waals surface area contributed by atoms with Crippen LogP contribution >= 0.6 is 0 Å². The number of terminal acetylenes is 2. The first-order chi connectivity index (χ1) is 15.8. The highest BCUT2D eigenvalue weighted by Crippen LogP contribution is 2.35. The Morgan fingerprint density at radius 1 is 1.15 bits per heavy atom. The number of hydrogen-bond acceptors (Lipinski definition) is 7. The van der Waals surface area contributed by atoms with Crippen LogP contribution in [0.4, 0.5) is 5.95 Å². The molecule has 0 unspecified atom stereocenters. The van der Waals surface area contributed by atoms with Gasteiger partial charge in [0.05, 0.1) is 35.1 Å². The first-order valence-electron chi connectivity index (χ1n) is 9.79. The van der Waals surface area contributed by atoms with Crippen LogP contribution in [0.3, 0.4) is 0 Å². The van der Waals surface area contributed by atoms with Gasteiger partial charge in [-0.2, -0.15) is 9.40 Å². The summed E-state index contributed by atoms with van der Waals surface area (Å²) in [5.41, 5.74) is 14.6. The van der Waals surface area contributed by atoms with E-state index in [4.69, 9.17) is 24.3 Å². The van der Waals surface area contributed by atoms with Crippen molar-refractivity contribution in [2.45, 2.75) is 17.7 Å². The van der Waals surface area contributed by atoms with Crippen LogP contribution in [0.5, 0.6) is 0 Å². The van der Waals surface area contributed by atoms with Gasteiger partial charge in [0.1, 0.15) is 0 Å². The SMILES string of the molecule is C#CCN(CC#C)S(=O)(=O)c1ccc(-n2nc(C(N)=O)c3c2-c2nc(N)ncc2CC3)cc1. The minimum Gasteiger partial charge on any atom is -0.368 e. The van der Waals surface area contributed by atoms with Crippen molar-refractivity contribution in [3.05, 3.63) is 47.3 Å². The number of benzene rings is 1. The van der Waals surface area contributed by atoms with E-state index in [0.717, 1.165) is 9.87 Å². The number of amides is 1. The number of nitrogens with zero attached hydrogens (tertiary/aromatic N) is 5. The number of aryl methyl sites for hydroxylation is 1. The minimum absolute atomic E-state index is 0.0138. The zero-order chi connectivity index (χ0) is 23.8. The lowest BCUT2D eigenvalue weighted by Crippen LogP contribution is -2.31. The Labute approximate surface area is 190 Å². The molecule has 0 saturated carbocycles. The van der Waals surface area contributed by atoms with Gasteiger partial charge < -0.3 is 11.5 Å². The maximum atomic E-state index is 12.9. The number of carbonyl (C=O) groups excluding carboxylic acids is 1. The summed E-state index contributed by atoms with van der Waals surface area (Å²) in [6.07, 6.45) is 13.3. The Balaban J connectivity index is 1.83. The summed E-state index contributed by atoms with van der Waals surface area (Å²) in [5.74, 6) is 4.01. The number of nitrogen functional groups attached to an aromatic ring is 1. The maximum absolute atomic E-state index is 12.9. The number of sulfonamides is 1. The molecule has 1 amide bonds. The molecule has 11 heteroatoms. The molecular formula is C22H19N7O3S. The zero-order valence-corrected chi connectivity index (χ0v) is 18.2. The molecule has 166 valence electrons. The van der Waals surface area contributed by atoms with Crippen molar-refractivity contribution in [3.63, 3.8) is 0 Å². The van der Waals surface area contributed by atoms with Crippen LogP contribution in [0.15, 0.2) is 35.4 Å². The lowest BCUT2D eigenvalue weighted by Gasteiger charge is -2.19. The minimum atomic E-state index is -3.90. The molecule has 10 nitrogen and oxygen atoms in total. The van der Waals surface area contributed by atoms with E-state index < -0.39 is 15.9 Å². The van der Waals surface area contributed by atoms with Crippen LogP contribution in [-0.4, -0.2) is 51.5 Å². The molecule has 0 bridgehead atoms. The van der Waals surface area contributed by atoms with Crippen molar-refractivity contribution >= 4 is 21.9 Å². The second-order valence-electron chi connectivity index (χ2n) is 7.23. The molecule has 0 saturated heterocycles. The zero-order valence-electron chi connectivity index (χ0n) is 17.4. The molecular weight excluding hydrogens is 442 g/mol. The van der Waals surface area contributed by atoms with E-state index >= 15 is 0 Å². The Morgan fingerprint density at radius 3 is 2.42 bits per heavy atom. The standard InChI is InChI=1S/C22H19N7O3S/c1-3-11-28(12-4-2)33(31,32)16-8-6-15(7-9-16)29-20-17(19(27-29)21(23)30)10-5-14-13-25-22(24)26-18(14)20/h1-2,6-9,13H,5,10-12H2,(H2,23,30)(H2,24,25,26). The van der Waals surface area contributed by atoms with Gasteiger partial charge in [0, 0.05) is 11.8 Å². The summed E-state index contributed by atoms with van der Waals surface area (Å²) in [6, 6.07) is 5.96. The van der Waals surface area contributed by atoms with E-state index in [1.54, 1.807) is 18.3 Å². The summed E-state index contributed by atoms with van der Waals surface area (Å²) in [6.45, 7) is -0.304. The highest BCUT2D eigenvalue weighted by Gasteiger charge is 2.30. The lowest BCUT2D eigenvalue weighted by atomic mass is 9.93. The van der Waals surface area contributed by atoms with Crippen LogP contribution in [-0.2, 0) is 22.9 Å². The molecule has 4 N–H and O–H groups in total. The quantitative estimate of drug-likeness (QED) is 0.503. The van der Waals surface area contributed by atoms with Crippen molar-refractivity contribution in [1.82, 2.24) is 24.1 Å². The van der Waals surface area contributed by atoms with Crippen LogP contribution in [0.2, 0.25) is 0 Å². The Hall–Kier alpha value is -4.19. The molecule has 1 aliphatic rings. The molecule has 2 aromatic heterocycles. The van der Waals surface area contributed by atoms with Crippen LogP contribution in [0, 0.1) is 24.7 Å². The van der Waals surface area contributed by atoms with Gasteiger partial charge in [-0.25, -0.2) is 23.1 Å². The highest BCUT2D eigenvalue weighted by atomic mass is 32.2. The Bertz CT molecular complexity index is 1430. The number of aromatic nitrogens is 4. The molecule has 0 radical (unpaired) electrons. The van der Waals surface area contributed by atoms with Crippen molar-refractivity contribution in [2.75, 3.05) is 18.8 Å². The number of carbonyl (C=O) groups is 1. The third-order valence-electron chi connectivity index (χ3n) is 5.22. The topological polar surface area (TPSA) is 150 Å². The molecule has 1 aromatic carbocycles. The van der Waals surface area contributed by atoms with E-state index in [-0.39, 0.29) is 29.6 Å². The van der Waals surface area contributed by atoms with Crippen molar-refractivity contribution in [2.24, 2.45) is 5.73 Å². The molecule has 0 spiro atoms. The molecule has 1 aliphatic carbocycles. The maximum Gasteiger partial charge on any atom is 0.269 e. The Morgan fingerprint density at radius 2 is 1.82 bits per heavy atom. The molecule has 0 aliphatic heterocycles. The Kier molecular flexibility index (Phi) is 5.60. The fourth-order valence-corrected chi connectivity index (χ4v) is 4.99. The molecule has 0 atom stereocenters. The van der Waals surface area contributed by atoms with Gasteiger partial charge in [0.25, 0.3) is 5.91 Å². The van der Waals surface area contributed by atoms with Gasteiger partial charge in [-0.15, -0.1) is 12.8 Å². The smallest absolute Gasteiger partial charge is 0.269 e. The first kappa shape index (κ1) is 22.0. The molecule has 0 fully saturated rings. The van der Waals surface area contributed by atoms with Crippen LogP contribution in [0.25, 0.3) is 17.1 Å². The van der Waals surface area contributed by atoms with Gasteiger partial charge in [-0.1, -0.05) is 11.8 Å². The van der Waals surface area contributed by atoms with Gasteiger partial charge in [0.2, 0.25) is 16.0 Å². The number of anilines is 1. The number of primary amides is 1. The van der Waals surface area contributed by atoms with E-state index in [1.165, 1.54) is 16.8 Å². The molecule has 4 rings (SSSR count). The van der Waals surface area contributed by atoms with Crippen molar-refractivity contribution in [3.8, 4) is 41.8 Å².